The maximum atomic E-state index is 11.8. The monoisotopic (exact) mass is 320 g/mol. The summed E-state index contributed by atoms with van der Waals surface area (Å²) < 4.78 is 17.1. The fourth-order valence-corrected chi connectivity index (χ4v) is 2.48. The summed E-state index contributed by atoms with van der Waals surface area (Å²) in [6.07, 6.45) is 4.66. The van der Waals surface area contributed by atoms with Gasteiger partial charge in [0.05, 0.1) is 12.2 Å². The van der Waals surface area contributed by atoms with Crippen molar-refractivity contribution in [3.05, 3.63) is 47.8 Å². The third-order valence-corrected chi connectivity index (χ3v) is 3.62. The summed E-state index contributed by atoms with van der Waals surface area (Å²) >= 11 is 0. The summed E-state index contributed by atoms with van der Waals surface area (Å²) in [4.78, 5) is 11.8. The van der Waals surface area contributed by atoms with Gasteiger partial charge >= 0.3 is 0 Å². The first-order valence-electron chi connectivity index (χ1n) is 6.95. The summed E-state index contributed by atoms with van der Waals surface area (Å²) in [5.41, 5.74) is 2.42. The molecule has 1 aromatic carbocycles. The lowest BCUT2D eigenvalue weighted by molar-refractivity contribution is 0.100. The third kappa shape index (κ3) is 4.42. The molecule has 0 aliphatic heterocycles. The molecule has 1 amide bonds. The average molecular weight is 320 g/mol. The number of aromatic nitrogens is 2. The SMILES string of the molecule is CCn1nccc1CNc1ccc(C(=O)N=S(C)(C)=O)cc1. The number of nitrogens with one attached hydrogen (secondary N) is 1. The van der Waals surface area contributed by atoms with E-state index in [9.17, 15) is 9.00 Å². The Morgan fingerprint density at radius 3 is 2.55 bits per heavy atom. The van der Waals surface area contributed by atoms with Crippen molar-refractivity contribution < 1.29 is 9.00 Å². The molecule has 1 heterocycles. The number of amides is 1. The van der Waals surface area contributed by atoms with Crippen LogP contribution in [0.4, 0.5) is 5.69 Å². The number of benzene rings is 1. The highest BCUT2D eigenvalue weighted by molar-refractivity contribution is 7.92. The Balaban J connectivity index is 2.04. The smallest absolute Gasteiger partial charge is 0.285 e. The number of rotatable bonds is 5. The zero-order chi connectivity index (χ0) is 16.2. The molecule has 2 aromatic rings. The van der Waals surface area contributed by atoms with Crippen LogP contribution in [0.15, 0.2) is 40.9 Å². The summed E-state index contributed by atoms with van der Waals surface area (Å²) in [5, 5.41) is 7.49. The Hall–Kier alpha value is -2.15. The first-order chi connectivity index (χ1) is 10.4. The average Bonchev–Trinajstić information content (AvgIpc) is 2.91. The molecule has 1 N–H and O–H groups in total. The number of carbonyl (C=O) groups excluding carboxylic acids is 1. The predicted molar refractivity (Wildman–Crippen MR) is 88.4 cm³/mol. The molecule has 22 heavy (non-hydrogen) atoms. The summed E-state index contributed by atoms with van der Waals surface area (Å²) in [7, 11) is -2.43. The van der Waals surface area contributed by atoms with Gasteiger partial charge < -0.3 is 5.32 Å². The Kier molecular flexibility index (Phi) is 4.97. The quantitative estimate of drug-likeness (QED) is 0.917. The van der Waals surface area contributed by atoms with Gasteiger partial charge in [-0.3, -0.25) is 9.48 Å². The molecule has 0 saturated carbocycles. The Labute approximate surface area is 130 Å². The van der Waals surface area contributed by atoms with Gasteiger partial charge in [-0.25, -0.2) is 4.21 Å². The van der Waals surface area contributed by atoms with E-state index in [0.717, 1.165) is 17.9 Å². The molecule has 0 bridgehead atoms. The third-order valence-electron chi connectivity index (χ3n) is 3.01. The van der Waals surface area contributed by atoms with E-state index in [-0.39, 0.29) is 0 Å². The van der Waals surface area contributed by atoms with Crippen molar-refractivity contribution in [3.63, 3.8) is 0 Å². The summed E-state index contributed by atoms with van der Waals surface area (Å²) in [6.45, 7) is 3.52. The van der Waals surface area contributed by atoms with Crippen LogP contribution in [0.2, 0.25) is 0 Å². The number of aryl methyl sites for hydroxylation is 1. The fourth-order valence-electron chi connectivity index (χ4n) is 1.97. The van der Waals surface area contributed by atoms with Crippen molar-refractivity contribution >= 4 is 21.3 Å². The Morgan fingerprint density at radius 1 is 1.27 bits per heavy atom. The molecule has 0 spiro atoms. The van der Waals surface area contributed by atoms with Gasteiger partial charge in [0.1, 0.15) is 0 Å². The van der Waals surface area contributed by atoms with Crippen molar-refractivity contribution in [1.82, 2.24) is 9.78 Å². The van der Waals surface area contributed by atoms with E-state index in [2.05, 4.69) is 14.8 Å². The van der Waals surface area contributed by atoms with E-state index >= 15 is 0 Å². The second-order valence-corrected chi connectivity index (χ2v) is 7.69. The van der Waals surface area contributed by atoms with E-state index in [1.54, 1.807) is 18.3 Å². The van der Waals surface area contributed by atoms with E-state index in [1.165, 1.54) is 12.5 Å². The van der Waals surface area contributed by atoms with Gasteiger partial charge in [0.15, 0.2) is 0 Å². The molecule has 7 heteroatoms. The molecule has 2 rings (SSSR count). The van der Waals surface area contributed by atoms with Gasteiger partial charge in [0.2, 0.25) is 0 Å². The lowest BCUT2D eigenvalue weighted by Crippen LogP contribution is -2.08. The normalized spacial score (nSPS) is 11.2. The first-order valence-corrected chi connectivity index (χ1v) is 9.28. The van der Waals surface area contributed by atoms with Crippen LogP contribution in [0.1, 0.15) is 23.0 Å². The largest absolute Gasteiger partial charge is 0.379 e. The molecular formula is C15H20N4O2S. The minimum Gasteiger partial charge on any atom is -0.379 e. The van der Waals surface area contributed by atoms with Crippen molar-refractivity contribution in [2.45, 2.75) is 20.0 Å². The molecule has 0 unspecified atom stereocenters. The lowest BCUT2D eigenvalue weighted by Gasteiger charge is -2.08. The highest BCUT2D eigenvalue weighted by atomic mass is 32.2. The van der Waals surface area contributed by atoms with Crippen molar-refractivity contribution in [2.24, 2.45) is 4.36 Å². The van der Waals surface area contributed by atoms with Crippen molar-refractivity contribution in [3.8, 4) is 0 Å². The van der Waals surface area contributed by atoms with Gasteiger partial charge in [-0.2, -0.15) is 9.46 Å². The standard InChI is InChI=1S/C15H20N4O2S/c1-4-19-14(9-10-17-19)11-16-13-7-5-12(6-8-13)15(20)18-22(2,3)21/h5-10,16H,4,11H2,1-3H3. The van der Waals surface area contributed by atoms with E-state index in [4.69, 9.17) is 0 Å². The zero-order valence-corrected chi connectivity index (χ0v) is 13.8. The van der Waals surface area contributed by atoms with E-state index in [1.807, 2.05) is 29.8 Å². The van der Waals surface area contributed by atoms with Gasteiger partial charge in [0, 0.05) is 46.2 Å². The van der Waals surface area contributed by atoms with Crippen LogP contribution >= 0.6 is 0 Å². The van der Waals surface area contributed by atoms with Gasteiger partial charge in [-0.15, -0.1) is 0 Å². The lowest BCUT2D eigenvalue weighted by atomic mass is 10.2. The fraction of sp³-hybridized carbons (Fsp3) is 0.333. The minimum atomic E-state index is -2.43. The Bertz CT molecular complexity index is 763. The molecule has 0 aliphatic carbocycles. The molecule has 0 radical (unpaired) electrons. The van der Waals surface area contributed by atoms with Gasteiger partial charge in [-0.05, 0) is 37.3 Å². The number of anilines is 1. The molecule has 0 fully saturated rings. The predicted octanol–water partition coefficient (Wildman–Crippen LogP) is 2.38. The highest BCUT2D eigenvalue weighted by Crippen LogP contribution is 2.12. The van der Waals surface area contributed by atoms with E-state index < -0.39 is 15.6 Å². The van der Waals surface area contributed by atoms with Crippen molar-refractivity contribution in [2.75, 3.05) is 17.8 Å². The second kappa shape index (κ2) is 6.74. The number of nitrogens with zero attached hydrogens (tertiary/aromatic N) is 3. The van der Waals surface area contributed by atoms with E-state index in [0.29, 0.717) is 12.1 Å². The number of hydrogen-bond acceptors (Lipinski definition) is 4. The van der Waals surface area contributed by atoms with Crippen molar-refractivity contribution in [1.29, 1.82) is 0 Å². The van der Waals surface area contributed by atoms with Crippen LogP contribution in [0.25, 0.3) is 0 Å². The van der Waals surface area contributed by atoms with Crippen LogP contribution in [0, 0.1) is 0 Å². The maximum Gasteiger partial charge on any atom is 0.285 e. The number of carbonyl (C=O) groups is 1. The molecular weight excluding hydrogens is 300 g/mol. The van der Waals surface area contributed by atoms with Crippen LogP contribution in [-0.2, 0) is 22.8 Å². The Morgan fingerprint density at radius 2 is 1.95 bits per heavy atom. The van der Waals surface area contributed by atoms with Crippen LogP contribution in [-0.4, -0.2) is 32.4 Å². The molecule has 0 atom stereocenters. The molecule has 118 valence electrons. The molecule has 0 saturated heterocycles. The van der Waals surface area contributed by atoms with Crippen LogP contribution in [0.5, 0.6) is 0 Å². The topological polar surface area (TPSA) is 76.3 Å². The van der Waals surface area contributed by atoms with Crippen LogP contribution < -0.4 is 5.32 Å². The molecule has 0 aliphatic rings. The van der Waals surface area contributed by atoms with Gasteiger partial charge in [0.25, 0.3) is 5.91 Å². The maximum absolute atomic E-state index is 11.8. The first kappa shape index (κ1) is 16.2. The van der Waals surface area contributed by atoms with Gasteiger partial charge in [-0.1, -0.05) is 0 Å². The summed E-state index contributed by atoms with van der Waals surface area (Å²) in [6, 6.07) is 8.93. The summed E-state index contributed by atoms with van der Waals surface area (Å²) in [5.74, 6) is -0.453. The second-order valence-electron chi connectivity index (χ2n) is 5.15. The van der Waals surface area contributed by atoms with Crippen LogP contribution in [0.3, 0.4) is 0 Å². The zero-order valence-electron chi connectivity index (χ0n) is 12.9. The molecule has 1 aromatic heterocycles. The number of hydrogen-bond donors (Lipinski definition) is 1. The highest BCUT2D eigenvalue weighted by Gasteiger charge is 2.06. The minimum absolute atomic E-state index is 0.431. The molecule has 6 nitrogen and oxygen atoms in total.